The lowest BCUT2D eigenvalue weighted by Crippen LogP contribution is -2.33. The summed E-state index contributed by atoms with van der Waals surface area (Å²) in [6.07, 6.45) is 1.71. The molecule has 0 unspecified atom stereocenters. The van der Waals surface area contributed by atoms with Gasteiger partial charge in [-0.3, -0.25) is 24.3 Å². The second-order valence-electron chi connectivity index (χ2n) is 5.97. The summed E-state index contributed by atoms with van der Waals surface area (Å²) in [5, 5.41) is 14.8. The lowest BCUT2D eigenvalue weighted by molar-refractivity contribution is -0.384. The number of nitro groups is 1. The van der Waals surface area contributed by atoms with Crippen LogP contribution in [0.4, 0.5) is 5.69 Å². The first-order valence-electron chi connectivity index (χ1n) is 8.19. The van der Waals surface area contributed by atoms with Crippen molar-refractivity contribution >= 4 is 45.7 Å². The van der Waals surface area contributed by atoms with Gasteiger partial charge in [-0.1, -0.05) is 29.3 Å². The molecule has 0 atom stereocenters. The molecule has 0 fully saturated rings. The van der Waals surface area contributed by atoms with Crippen LogP contribution in [0.5, 0.6) is 0 Å². The second kappa shape index (κ2) is 8.37. The number of fused-ring (bicyclic) bond motifs is 1. The molecule has 0 aliphatic rings. The Bertz CT molecular complexity index is 1130. The van der Waals surface area contributed by atoms with Crippen LogP contribution < -0.4 is 10.9 Å². The van der Waals surface area contributed by atoms with Gasteiger partial charge in [-0.15, -0.1) is 0 Å². The maximum atomic E-state index is 12.5. The quantitative estimate of drug-likeness (QED) is 0.487. The summed E-state index contributed by atoms with van der Waals surface area (Å²) < 4.78 is 1.15. The van der Waals surface area contributed by atoms with Gasteiger partial charge >= 0.3 is 0 Å². The Kier molecular flexibility index (Phi) is 5.91. The van der Waals surface area contributed by atoms with Gasteiger partial charge in [0.25, 0.3) is 11.2 Å². The van der Waals surface area contributed by atoms with Crippen molar-refractivity contribution in [2.45, 2.75) is 13.0 Å². The lowest BCUT2D eigenvalue weighted by Gasteiger charge is -2.09. The number of halogens is 2. The van der Waals surface area contributed by atoms with Gasteiger partial charge < -0.3 is 5.32 Å². The van der Waals surface area contributed by atoms with E-state index in [1.165, 1.54) is 24.5 Å². The number of benzene rings is 2. The predicted molar refractivity (Wildman–Crippen MR) is 106 cm³/mol. The summed E-state index contributed by atoms with van der Waals surface area (Å²) in [6.45, 7) is 0.120. The van der Waals surface area contributed by atoms with Gasteiger partial charge in [0.05, 0.1) is 22.2 Å². The average Bonchev–Trinajstić information content (AvgIpc) is 2.65. The summed E-state index contributed by atoms with van der Waals surface area (Å²) in [5.74, 6) is -0.366. The summed E-state index contributed by atoms with van der Waals surface area (Å²) in [6, 6.07) is 8.91. The van der Waals surface area contributed by atoms with Crippen molar-refractivity contribution in [3.8, 4) is 0 Å². The smallest absolute Gasteiger partial charge is 0.271 e. The molecule has 1 amide bonds. The van der Waals surface area contributed by atoms with E-state index in [4.69, 9.17) is 23.2 Å². The zero-order valence-corrected chi connectivity index (χ0v) is 15.9. The van der Waals surface area contributed by atoms with Gasteiger partial charge in [-0.25, -0.2) is 4.98 Å². The molecular weight excluding hydrogens is 407 g/mol. The molecule has 0 spiro atoms. The van der Waals surface area contributed by atoms with Crippen LogP contribution in [-0.2, 0) is 17.8 Å². The van der Waals surface area contributed by atoms with Crippen LogP contribution in [0.3, 0.4) is 0 Å². The van der Waals surface area contributed by atoms with Crippen LogP contribution in [0.15, 0.2) is 47.5 Å². The third kappa shape index (κ3) is 4.47. The number of hydrogen-bond donors (Lipinski definition) is 1. The zero-order valence-electron chi connectivity index (χ0n) is 14.4. The summed E-state index contributed by atoms with van der Waals surface area (Å²) in [4.78, 5) is 38.9. The Labute approximate surface area is 168 Å². The molecule has 1 N–H and O–H groups in total. The SMILES string of the molecule is O=C(Cn1cnc2cc([N+](=O)[O-])ccc2c1=O)NCCc1ccc(Cl)cc1Cl. The van der Waals surface area contributed by atoms with Gasteiger partial charge in [0.2, 0.25) is 5.91 Å². The van der Waals surface area contributed by atoms with E-state index < -0.39 is 10.5 Å². The Morgan fingerprint density at radius 3 is 2.71 bits per heavy atom. The van der Waals surface area contributed by atoms with Gasteiger partial charge in [-0.05, 0) is 30.2 Å². The number of hydrogen-bond acceptors (Lipinski definition) is 5. The van der Waals surface area contributed by atoms with E-state index in [1.807, 2.05) is 0 Å². The fourth-order valence-electron chi connectivity index (χ4n) is 2.64. The summed E-state index contributed by atoms with van der Waals surface area (Å²) >= 11 is 11.9. The van der Waals surface area contributed by atoms with Crippen molar-refractivity contribution in [2.75, 3.05) is 6.54 Å². The first-order chi connectivity index (χ1) is 13.3. The van der Waals surface area contributed by atoms with Crippen LogP contribution in [0.1, 0.15) is 5.56 Å². The Balaban J connectivity index is 1.66. The first-order valence-corrected chi connectivity index (χ1v) is 8.95. The van der Waals surface area contributed by atoms with Gasteiger partial charge in [0, 0.05) is 28.7 Å². The lowest BCUT2D eigenvalue weighted by atomic mass is 10.1. The summed E-state index contributed by atoms with van der Waals surface area (Å²) in [5.41, 5.74) is 0.442. The largest absolute Gasteiger partial charge is 0.354 e. The Hall–Kier alpha value is -2.97. The topological polar surface area (TPSA) is 107 Å². The molecule has 0 aliphatic heterocycles. The number of amides is 1. The van der Waals surface area contributed by atoms with Crippen molar-refractivity contribution < 1.29 is 9.72 Å². The molecule has 10 heteroatoms. The number of carbonyl (C=O) groups is 1. The minimum Gasteiger partial charge on any atom is -0.354 e. The van der Waals surface area contributed by atoms with Crippen molar-refractivity contribution in [1.29, 1.82) is 0 Å². The van der Waals surface area contributed by atoms with E-state index in [0.717, 1.165) is 10.1 Å². The third-order valence-corrected chi connectivity index (χ3v) is 4.65. The minimum absolute atomic E-state index is 0.157. The normalized spacial score (nSPS) is 10.8. The number of nitro benzene ring substituents is 1. The molecule has 144 valence electrons. The Morgan fingerprint density at radius 1 is 1.21 bits per heavy atom. The van der Waals surface area contributed by atoms with Gasteiger partial charge in [0.15, 0.2) is 0 Å². The molecular formula is C18H14Cl2N4O4. The molecule has 0 saturated heterocycles. The standard InChI is InChI=1S/C18H14Cl2N4O4/c19-12-2-1-11(15(20)7-12)5-6-21-17(25)9-23-10-22-16-8-13(24(27)28)3-4-14(16)18(23)26/h1-4,7-8,10H,5-6,9H2,(H,21,25). The fourth-order valence-corrected chi connectivity index (χ4v) is 3.15. The maximum Gasteiger partial charge on any atom is 0.271 e. The van der Waals surface area contributed by atoms with Crippen molar-refractivity contribution in [3.05, 3.63) is 78.8 Å². The molecule has 0 aliphatic carbocycles. The number of nitrogens with one attached hydrogen (secondary N) is 1. The number of carbonyl (C=O) groups excluding carboxylic acids is 1. The first kappa shape index (κ1) is 19.8. The molecule has 8 nitrogen and oxygen atoms in total. The maximum absolute atomic E-state index is 12.5. The fraction of sp³-hybridized carbons (Fsp3) is 0.167. The number of aromatic nitrogens is 2. The number of nitrogens with zero attached hydrogens (tertiary/aromatic N) is 3. The highest BCUT2D eigenvalue weighted by molar-refractivity contribution is 6.35. The summed E-state index contributed by atoms with van der Waals surface area (Å²) in [7, 11) is 0. The van der Waals surface area contributed by atoms with E-state index in [1.54, 1.807) is 18.2 Å². The molecule has 0 saturated carbocycles. The highest BCUT2D eigenvalue weighted by Gasteiger charge is 2.12. The molecule has 3 rings (SSSR count). The molecule has 3 aromatic rings. The molecule has 28 heavy (non-hydrogen) atoms. The molecule has 0 bridgehead atoms. The zero-order chi connectivity index (χ0) is 20.3. The Morgan fingerprint density at radius 2 is 2.00 bits per heavy atom. The van der Waals surface area contributed by atoms with E-state index in [2.05, 4.69) is 10.3 Å². The van der Waals surface area contributed by atoms with E-state index in [-0.39, 0.29) is 29.0 Å². The van der Waals surface area contributed by atoms with E-state index in [9.17, 15) is 19.7 Å². The van der Waals surface area contributed by atoms with Crippen LogP contribution >= 0.6 is 23.2 Å². The molecule has 1 heterocycles. The van der Waals surface area contributed by atoms with E-state index in [0.29, 0.717) is 23.0 Å². The van der Waals surface area contributed by atoms with Crippen LogP contribution in [0.2, 0.25) is 10.0 Å². The van der Waals surface area contributed by atoms with Crippen LogP contribution in [0.25, 0.3) is 10.9 Å². The molecule has 0 radical (unpaired) electrons. The van der Waals surface area contributed by atoms with Crippen molar-refractivity contribution in [1.82, 2.24) is 14.9 Å². The highest BCUT2D eigenvalue weighted by Crippen LogP contribution is 2.21. The predicted octanol–water partition coefficient (Wildman–Crippen LogP) is 2.97. The average molecular weight is 421 g/mol. The molecule has 1 aromatic heterocycles. The number of non-ortho nitro benzene ring substituents is 1. The van der Waals surface area contributed by atoms with E-state index >= 15 is 0 Å². The van der Waals surface area contributed by atoms with Gasteiger partial charge in [0.1, 0.15) is 6.54 Å². The van der Waals surface area contributed by atoms with Crippen molar-refractivity contribution in [3.63, 3.8) is 0 Å². The van der Waals surface area contributed by atoms with Crippen molar-refractivity contribution in [2.24, 2.45) is 0 Å². The third-order valence-electron chi connectivity index (χ3n) is 4.07. The highest BCUT2D eigenvalue weighted by atomic mass is 35.5. The minimum atomic E-state index is -0.562. The molecule has 2 aromatic carbocycles. The van der Waals surface area contributed by atoms with Crippen LogP contribution in [0, 0.1) is 10.1 Å². The van der Waals surface area contributed by atoms with Gasteiger partial charge in [-0.2, -0.15) is 0 Å². The monoisotopic (exact) mass is 420 g/mol. The number of rotatable bonds is 6. The second-order valence-corrected chi connectivity index (χ2v) is 6.82. The van der Waals surface area contributed by atoms with Crippen LogP contribution in [-0.4, -0.2) is 26.9 Å².